The summed E-state index contributed by atoms with van der Waals surface area (Å²) in [6.45, 7) is 8.48. The standard InChI is InChI=1S/C23H21N3O/c1-13(2)26-19-8-6-5-7-18(19)25-22(26)20-14(3)9-11-16-17-12-10-15(4)24-23(17)27-21(16)20/h5-13H,1-4H3. The molecule has 0 spiro atoms. The lowest BCUT2D eigenvalue weighted by molar-refractivity contribution is 0.621. The van der Waals surface area contributed by atoms with Crippen LogP contribution in [0.4, 0.5) is 0 Å². The zero-order valence-corrected chi connectivity index (χ0v) is 15.9. The number of imidazole rings is 1. The Hall–Kier alpha value is -3.14. The van der Waals surface area contributed by atoms with Crippen molar-refractivity contribution in [3.05, 3.63) is 59.8 Å². The van der Waals surface area contributed by atoms with Crippen LogP contribution in [0.3, 0.4) is 0 Å². The molecule has 134 valence electrons. The Labute approximate surface area is 157 Å². The molecule has 0 atom stereocenters. The van der Waals surface area contributed by atoms with Crippen molar-refractivity contribution in [1.82, 2.24) is 14.5 Å². The largest absolute Gasteiger partial charge is 0.437 e. The van der Waals surface area contributed by atoms with E-state index in [4.69, 9.17) is 9.40 Å². The molecule has 2 aromatic carbocycles. The Morgan fingerprint density at radius 2 is 1.67 bits per heavy atom. The topological polar surface area (TPSA) is 43.9 Å². The molecule has 0 N–H and O–H groups in total. The first kappa shape index (κ1) is 16.1. The number of nitrogens with zero attached hydrogens (tertiary/aromatic N) is 3. The summed E-state index contributed by atoms with van der Waals surface area (Å²) in [4.78, 5) is 9.57. The van der Waals surface area contributed by atoms with Crippen molar-refractivity contribution in [1.29, 1.82) is 0 Å². The van der Waals surface area contributed by atoms with E-state index in [-0.39, 0.29) is 6.04 Å². The molecule has 0 aliphatic heterocycles. The number of para-hydroxylation sites is 2. The van der Waals surface area contributed by atoms with Crippen LogP contribution in [0, 0.1) is 13.8 Å². The van der Waals surface area contributed by atoms with Gasteiger partial charge in [-0.3, -0.25) is 0 Å². The van der Waals surface area contributed by atoms with Crippen molar-refractivity contribution in [3.8, 4) is 11.4 Å². The summed E-state index contributed by atoms with van der Waals surface area (Å²) in [5, 5.41) is 2.13. The smallest absolute Gasteiger partial charge is 0.227 e. The molecule has 0 saturated carbocycles. The fourth-order valence-electron chi connectivity index (χ4n) is 3.93. The predicted molar refractivity (Wildman–Crippen MR) is 110 cm³/mol. The van der Waals surface area contributed by atoms with Crippen molar-refractivity contribution in [2.24, 2.45) is 0 Å². The summed E-state index contributed by atoms with van der Waals surface area (Å²) in [6.07, 6.45) is 0. The molecule has 0 bridgehead atoms. The molecule has 5 aromatic rings. The Balaban J connectivity index is 1.93. The van der Waals surface area contributed by atoms with Gasteiger partial charge in [-0.15, -0.1) is 0 Å². The minimum Gasteiger partial charge on any atom is -0.437 e. The molecule has 4 nitrogen and oxygen atoms in total. The van der Waals surface area contributed by atoms with E-state index < -0.39 is 0 Å². The van der Waals surface area contributed by atoms with E-state index in [2.05, 4.69) is 66.7 Å². The van der Waals surface area contributed by atoms with E-state index in [1.807, 2.05) is 19.1 Å². The van der Waals surface area contributed by atoms with Gasteiger partial charge >= 0.3 is 0 Å². The molecular formula is C23H21N3O. The lowest BCUT2D eigenvalue weighted by Crippen LogP contribution is -2.04. The monoisotopic (exact) mass is 355 g/mol. The predicted octanol–water partition coefficient (Wildman–Crippen LogP) is 6.20. The van der Waals surface area contributed by atoms with E-state index in [0.717, 1.165) is 50.0 Å². The summed E-state index contributed by atoms with van der Waals surface area (Å²) < 4.78 is 8.56. The lowest BCUT2D eigenvalue weighted by atomic mass is 10.0. The third-order valence-corrected chi connectivity index (χ3v) is 5.19. The molecule has 0 aliphatic carbocycles. The third-order valence-electron chi connectivity index (χ3n) is 5.19. The average molecular weight is 355 g/mol. The maximum atomic E-state index is 6.27. The van der Waals surface area contributed by atoms with Gasteiger partial charge in [0.25, 0.3) is 0 Å². The van der Waals surface area contributed by atoms with Gasteiger partial charge in [0.15, 0.2) is 0 Å². The number of furan rings is 1. The second kappa shape index (κ2) is 5.68. The molecule has 0 amide bonds. The van der Waals surface area contributed by atoms with Crippen LogP contribution >= 0.6 is 0 Å². The molecule has 0 radical (unpaired) electrons. The van der Waals surface area contributed by atoms with Crippen LogP contribution in [0.5, 0.6) is 0 Å². The Morgan fingerprint density at radius 3 is 2.48 bits per heavy atom. The SMILES string of the molecule is Cc1ccc2c(n1)oc1c(-c3nc4ccccc4n3C(C)C)c(C)ccc12. The number of rotatable bonds is 2. The zero-order valence-electron chi connectivity index (χ0n) is 15.9. The van der Waals surface area contributed by atoms with E-state index in [0.29, 0.717) is 5.71 Å². The average Bonchev–Trinajstić information content (AvgIpc) is 3.18. The first-order valence-corrected chi connectivity index (χ1v) is 9.31. The second-order valence-electron chi connectivity index (χ2n) is 7.43. The summed E-state index contributed by atoms with van der Waals surface area (Å²) in [5.74, 6) is 0.949. The van der Waals surface area contributed by atoms with Crippen molar-refractivity contribution in [3.63, 3.8) is 0 Å². The van der Waals surface area contributed by atoms with E-state index in [9.17, 15) is 0 Å². The van der Waals surface area contributed by atoms with E-state index in [1.54, 1.807) is 0 Å². The maximum absolute atomic E-state index is 6.27. The van der Waals surface area contributed by atoms with Gasteiger partial charge in [0, 0.05) is 22.5 Å². The number of pyridine rings is 1. The van der Waals surface area contributed by atoms with Gasteiger partial charge in [-0.05, 0) is 57.5 Å². The summed E-state index contributed by atoms with van der Waals surface area (Å²) in [6, 6.07) is 17.0. The van der Waals surface area contributed by atoms with Gasteiger partial charge in [0.2, 0.25) is 5.71 Å². The summed E-state index contributed by atoms with van der Waals surface area (Å²) in [5.41, 5.74) is 6.84. The number of aryl methyl sites for hydroxylation is 2. The molecule has 0 unspecified atom stereocenters. The first-order chi connectivity index (χ1) is 13.0. The number of aromatic nitrogens is 3. The van der Waals surface area contributed by atoms with Crippen LogP contribution in [0.15, 0.2) is 52.9 Å². The highest BCUT2D eigenvalue weighted by Crippen LogP contribution is 2.39. The number of benzene rings is 2. The van der Waals surface area contributed by atoms with Gasteiger partial charge in [0.1, 0.15) is 11.4 Å². The highest BCUT2D eigenvalue weighted by molar-refractivity contribution is 6.09. The molecule has 0 aliphatic rings. The Morgan fingerprint density at radius 1 is 0.889 bits per heavy atom. The first-order valence-electron chi connectivity index (χ1n) is 9.31. The quantitative estimate of drug-likeness (QED) is 0.379. The molecule has 0 saturated heterocycles. The van der Waals surface area contributed by atoms with Gasteiger partial charge < -0.3 is 8.98 Å². The second-order valence-corrected chi connectivity index (χ2v) is 7.43. The Kier molecular flexibility index (Phi) is 3.38. The van der Waals surface area contributed by atoms with Crippen LogP contribution in [0.1, 0.15) is 31.1 Å². The fraction of sp³-hybridized carbons (Fsp3) is 0.217. The van der Waals surface area contributed by atoms with Gasteiger partial charge in [-0.2, -0.15) is 0 Å². The minimum atomic E-state index is 0.284. The van der Waals surface area contributed by atoms with E-state index >= 15 is 0 Å². The van der Waals surface area contributed by atoms with Gasteiger partial charge in [0.05, 0.1) is 16.6 Å². The van der Waals surface area contributed by atoms with Crippen molar-refractivity contribution >= 4 is 33.1 Å². The molecule has 3 heterocycles. The number of fused-ring (bicyclic) bond motifs is 4. The van der Waals surface area contributed by atoms with Crippen LogP contribution in [-0.4, -0.2) is 14.5 Å². The fourth-order valence-corrected chi connectivity index (χ4v) is 3.93. The van der Waals surface area contributed by atoms with E-state index in [1.165, 1.54) is 0 Å². The zero-order chi connectivity index (χ0) is 18.7. The van der Waals surface area contributed by atoms with Crippen molar-refractivity contribution in [2.75, 3.05) is 0 Å². The van der Waals surface area contributed by atoms with Crippen LogP contribution in [-0.2, 0) is 0 Å². The molecule has 3 aromatic heterocycles. The van der Waals surface area contributed by atoms with Crippen LogP contribution in [0.25, 0.3) is 44.5 Å². The van der Waals surface area contributed by atoms with Crippen molar-refractivity contribution in [2.45, 2.75) is 33.7 Å². The summed E-state index contributed by atoms with van der Waals surface area (Å²) in [7, 11) is 0. The molecular weight excluding hydrogens is 334 g/mol. The minimum absolute atomic E-state index is 0.284. The van der Waals surface area contributed by atoms with Crippen LogP contribution in [0.2, 0.25) is 0 Å². The number of hydrogen-bond acceptors (Lipinski definition) is 3. The maximum Gasteiger partial charge on any atom is 0.227 e. The van der Waals surface area contributed by atoms with Gasteiger partial charge in [-0.25, -0.2) is 9.97 Å². The number of hydrogen-bond donors (Lipinski definition) is 0. The normalized spacial score (nSPS) is 12.0. The van der Waals surface area contributed by atoms with Crippen LogP contribution < -0.4 is 0 Å². The Bertz CT molecular complexity index is 1320. The summed E-state index contributed by atoms with van der Waals surface area (Å²) >= 11 is 0. The molecule has 0 fully saturated rings. The lowest BCUT2D eigenvalue weighted by Gasteiger charge is -2.14. The molecule has 4 heteroatoms. The molecule has 27 heavy (non-hydrogen) atoms. The highest BCUT2D eigenvalue weighted by atomic mass is 16.3. The highest BCUT2D eigenvalue weighted by Gasteiger charge is 2.21. The third kappa shape index (κ3) is 2.29. The molecule has 5 rings (SSSR count). The van der Waals surface area contributed by atoms with Gasteiger partial charge in [-0.1, -0.05) is 24.3 Å². The van der Waals surface area contributed by atoms with Crippen molar-refractivity contribution < 1.29 is 4.42 Å².